The van der Waals surface area contributed by atoms with Crippen molar-refractivity contribution < 1.29 is 14.6 Å². The van der Waals surface area contributed by atoms with Crippen LogP contribution in [0.4, 0.5) is 0 Å². The van der Waals surface area contributed by atoms with Gasteiger partial charge in [-0.15, -0.1) is 0 Å². The molecule has 4 heteroatoms. The average molecular weight is 235 g/mol. The van der Waals surface area contributed by atoms with Crippen molar-refractivity contribution >= 4 is 5.91 Å². The fourth-order valence-corrected chi connectivity index (χ4v) is 1.95. The van der Waals surface area contributed by atoms with Crippen LogP contribution in [0, 0.1) is 5.92 Å². The normalized spacial score (nSPS) is 19.2. The molecule has 4 nitrogen and oxygen atoms in total. The third-order valence-corrected chi connectivity index (χ3v) is 2.97. The molecule has 1 aromatic carbocycles. The Bertz CT molecular complexity index is 386. The summed E-state index contributed by atoms with van der Waals surface area (Å²) in [5.74, 6) is 0.543. The Labute approximate surface area is 101 Å². The van der Waals surface area contributed by atoms with Crippen LogP contribution in [0.25, 0.3) is 0 Å². The molecule has 0 radical (unpaired) electrons. The van der Waals surface area contributed by atoms with E-state index in [0.29, 0.717) is 18.0 Å². The smallest absolute Gasteiger partial charge is 0.251 e. The predicted octanol–water partition coefficient (Wildman–Crippen LogP) is 1.55. The van der Waals surface area contributed by atoms with E-state index >= 15 is 0 Å². The van der Waals surface area contributed by atoms with E-state index in [2.05, 4.69) is 5.32 Å². The molecular weight excluding hydrogens is 218 g/mol. The highest BCUT2D eigenvalue weighted by atomic mass is 16.5. The fourth-order valence-electron chi connectivity index (χ4n) is 1.95. The summed E-state index contributed by atoms with van der Waals surface area (Å²) >= 11 is 0. The third-order valence-electron chi connectivity index (χ3n) is 2.97. The summed E-state index contributed by atoms with van der Waals surface area (Å²) < 4.78 is 5.27. The first-order chi connectivity index (χ1) is 8.25. The molecule has 17 heavy (non-hydrogen) atoms. The van der Waals surface area contributed by atoms with Crippen molar-refractivity contribution in [1.82, 2.24) is 5.32 Å². The number of carbonyl (C=O) groups excluding carboxylic acids is 1. The van der Waals surface area contributed by atoms with E-state index in [9.17, 15) is 9.90 Å². The number of hydrogen-bond donors (Lipinski definition) is 2. The standard InChI is InChI=1S/C13H17NO3/c15-12-3-1-2-11(8-12)13(16)14-6-4-10-5-7-17-9-10/h1-3,8,10,15H,4-7,9H2,(H,14,16). The van der Waals surface area contributed by atoms with Gasteiger partial charge < -0.3 is 15.2 Å². The van der Waals surface area contributed by atoms with Crippen molar-refractivity contribution in [2.75, 3.05) is 19.8 Å². The molecule has 0 spiro atoms. The van der Waals surface area contributed by atoms with Gasteiger partial charge in [-0.25, -0.2) is 0 Å². The van der Waals surface area contributed by atoms with Crippen LogP contribution < -0.4 is 5.32 Å². The van der Waals surface area contributed by atoms with E-state index in [1.807, 2.05) is 0 Å². The number of phenols is 1. The molecule has 2 N–H and O–H groups in total. The highest BCUT2D eigenvalue weighted by Crippen LogP contribution is 2.15. The largest absolute Gasteiger partial charge is 0.508 e. The topological polar surface area (TPSA) is 58.6 Å². The highest BCUT2D eigenvalue weighted by molar-refractivity contribution is 5.94. The number of carbonyl (C=O) groups is 1. The number of benzene rings is 1. The molecule has 1 amide bonds. The second-order valence-corrected chi connectivity index (χ2v) is 4.32. The first-order valence-electron chi connectivity index (χ1n) is 5.90. The van der Waals surface area contributed by atoms with Crippen LogP contribution in [-0.4, -0.2) is 30.8 Å². The number of nitrogens with one attached hydrogen (secondary N) is 1. The molecule has 1 saturated heterocycles. The van der Waals surface area contributed by atoms with Crippen molar-refractivity contribution in [3.63, 3.8) is 0 Å². The Morgan fingerprint density at radius 2 is 2.41 bits per heavy atom. The predicted molar refractivity (Wildman–Crippen MR) is 64.0 cm³/mol. The summed E-state index contributed by atoms with van der Waals surface area (Å²) in [7, 11) is 0. The van der Waals surface area contributed by atoms with Crippen molar-refractivity contribution in [3.05, 3.63) is 29.8 Å². The van der Waals surface area contributed by atoms with Gasteiger partial charge in [0.25, 0.3) is 5.91 Å². The van der Waals surface area contributed by atoms with Crippen molar-refractivity contribution in [2.24, 2.45) is 5.92 Å². The van der Waals surface area contributed by atoms with Gasteiger partial charge in [-0.1, -0.05) is 6.07 Å². The van der Waals surface area contributed by atoms with E-state index in [0.717, 1.165) is 26.1 Å². The molecule has 1 unspecified atom stereocenters. The Hall–Kier alpha value is -1.55. The highest BCUT2D eigenvalue weighted by Gasteiger charge is 2.15. The number of rotatable bonds is 4. The van der Waals surface area contributed by atoms with Gasteiger partial charge in [0.2, 0.25) is 0 Å². The van der Waals surface area contributed by atoms with Gasteiger partial charge in [0, 0.05) is 25.3 Å². The third kappa shape index (κ3) is 3.46. The molecule has 2 rings (SSSR count). The minimum absolute atomic E-state index is 0.113. The van der Waals surface area contributed by atoms with E-state index < -0.39 is 0 Å². The number of aromatic hydroxyl groups is 1. The Morgan fingerprint density at radius 1 is 1.53 bits per heavy atom. The van der Waals surface area contributed by atoms with Gasteiger partial charge in [0.1, 0.15) is 5.75 Å². The lowest BCUT2D eigenvalue weighted by Crippen LogP contribution is -2.26. The summed E-state index contributed by atoms with van der Waals surface area (Å²) in [4.78, 5) is 11.7. The number of amides is 1. The van der Waals surface area contributed by atoms with Crippen LogP contribution in [0.15, 0.2) is 24.3 Å². The zero-order chi connectivity index (χ0) is 12.1. The molecule has 0 aliphatic carbocycles. The average Bonchev–Trinajstić information content (AvgIpc) is 2.82. The molecule has 0 bridgehead atoms. The van der Waals surface area contributed by atoms with Crippen LogP contribution in [0.3, 0.4) is 0 Å². The molecule has 92 valence electrons. The summed E-state index contributed by atoms with van der Waals surface area (Å²) in [6.45, 7) is 2.30. The maximum atomic E-state index is 11.7. The van der Waals surface area contributed by atoms with Gasteiger partial charge in [0.05, 0.1) is 0 Å². The molecule has 1 heterocycles. The van der Waals surface area contributed by atoms with Gasteiger partial charge in [-0.2, -0.15) is 0 Å². The molecular formula is C13H17NO3. The van der Waals surface area contributed by atoms with Gasteiger partial charge in [-0.05, 0) is 37.0 Å². The number of hydrogen-bond acceptors (Lipinski definition) is 3. The van der Waals surface area contributed by atoms with Crippen molar-refractivity contribution in [1.29, 1.82) is 0 Å². The SMILES string of the molecule is O=C(NCCC1CCOC1)c1cccc(O)c1. The minimum Gasteiger partial charge on any atom is -0.508 e. The van der Waals surface area contributed by atoms with E-state index in [-0.39, 0.29) is 11.7 Å². The lowest BCUT2D eigenvalue weighted by atomic mass is 10.1. The van der Waals surface area contributed by atoms with E-state index in [1.54, 1.807) is 18.2 Å². The second-order valence-electron chi connectivity index (χ2n) is 4.32. The Balaban J connectivity index is 1.77. The van der Waals surface area contributed by atoms with Crippen LogP contribution >= 0.6 is 0 Å². The summed E-state index contributed by atoms with van der Waals surface area (Å²) in [6.07, 6.45) is 2.03. The monoisotopic (exact) mass is 235 g/mol. The maximum absolute atomic E-state index is 11.7. The molecule has 1 aliphatic heterocycles. The van der Waals surface area contributed by atoms with Gasteiger partial charge in [-0.3, -0.25) is 4.79 Å². The summed E-state index contributed by atoms with van der Waals surface area (Å²) in [5.41, 5.74) is 0.493. The number of ether oxygens (including phenoxy) is 1. The molecule has 1 atom stereocenters. The van der Waals surface area contributed by atoms with E-state index in [4.69, 9.17) is 4.74 Å². The lowest BCUT2D eigenvalue weighted by molar-refractivity contribution is 0.0950. The minimum atomic E-state index is -0.139. The maximum Gasteiger partial charge on any atom is 0.251 e. The van der Waals surface area contributed by atoms with Crippen LogP contribution in [-0.2, 0) is 4.74 Å². The Kier molecular flexibility index (Phi) is 3.98. The molecule has 0 saturated carbocycles. The zero-order valence-corrected chi connectivity index (χ0v) is 9.69. The summed E-state index contributed by atoms with van der Waals surface area (Å²) in [5, 5.41) is 12.1. The molecule has 1 aromatic rings. The van der Waals surface area contributed by atoms with Crippen LogP contribution in [0.5, 0.6) is 5.75 Å². The Morgan fingerprint density at radius 3 is 3.12 bits per heavy atom. The zero-order valence-electron chi connectivity index (χ0n) is 9.69. The molecule has 1 aliphatic rings. The van der Waals surface area contributed by atoms with Gasteiger partial charge in [0.15, 0.2) is 0 Å². The van der Waals surface area contributed by atoms with Crippen molar-refractivity contribution in [2.45, 2.75) is 12.8 Å². The summed E-state index contributed by atoms with van der Waals surface area (Å²) in [6, 6.07) is 6.36. The fraction of sp³-hybridized carbons (Fsp3) is 0.462. The van der Waals surface area contributed by atoms with E-state index in [1.165, 1.54) is 6.07 Å². The molecule has 1 fully saturated rings. The van der Waals surface area contributed by atoms with Crippen LogP contribution in [0.2, 0.25) is 0 Å². The molecule has 0 aromatic heterocycles. The number of phenolic OH excluding ortho intramolecular Hbond substituents is 1. The first-order valence-corrected chi connectivity index (χ1v) is 5.90. The van der Waals surface area contributed by atoms with Gasteiger partial charge >= 0.3 is 0 Å². The van der Waals surface area contributed by atoms with Crippen molar-refractivity contribution in [3.8, 4) is 5.75 Å². The first kappa shape index (κ1) is 11.9. The lowest BCUT2D eigenvalue weighted by Gasteiger charge is -2.08. The second kappa shape index (κ2) is 5.68. The quantitative estimate of drug-likeness (QED) is 0.832. The van der Waals surface area contributed by atoms with Crippen LogP contribution in [0.1, 0.15) is 23.2 Å².